The maximum atomic E-state index is 12.7. The van der Waals surface area contributed by atoms with Crippen molar-refractivity contribution in [1.82, 2.24) is 10.3 Å². The minimum Gasteiger partial charge on any atom is -0.496 e. The minimum atomic E-state index is -0.253. The molecular weight excluding hydrogens is 364 g/mol. The summed E-state index contributed by atoms with van der Waals surface area (Å²) in [7, 11) is 4.65. The van der Waals surface area contributed by atoms with Crippen molar-refractivity contribution in [3.63, 3.8) is 0 Å². The molecule has 0 saturated heterocycles. The van der Waals surface area contributed by atoms with Gasteiger partial charge < -0.3 is 34.0 Å². The van der Waals surface area contributed by atoms with Gasteiger partial charge in [-0.05, 0) is 23.8 Å². The third-order valence-electron chi connectivity index (χ3n) is 4.57. The van der Waals surface area contributed by atoms with Crippen molar-refractivity contribution >= 4 is 16.8 Å². The molecule has 2 heterocycles. The van der Waals surface area contributed by atoms with Gasteiger partial charge in [0.1, 0.15) is 11.4 Å². The number of ether oxygens (including phenoxy) is 5. The average molecular weight is 384 g/mol. The average Bonchev–Trinajstić information content (AvgIpc) is 3.37. The molecule has 2 aromatic carbocycles. The fourth-order valence-electron chi connectivity index (χ4n) is 3.19. The zero-order chi connectivity index (χ0) is 19.7. The van der Waals surface area contributed by atoms with E-state index < -0.39 is 0 Å². The highest BCUT2D eigenvalue weighted by molar-refractivity contribution is 6.02. The molecule has 0 fully saturated rings. The molecule has 0 aliphatic carbocycles. The molecule has 0 radical (unpaired) electrons. The van der Waals surface area contributed by atoms with E-state index in [9.17, 15) is 4.79 Å². The molecule has 0 saturated carbocycles. The standard InChI is InChI=1S/C20H20N2O6/c1-24-15-8-17(25-2)19(26-3)18-12(15)7-13(22-18)20(23)21-9-11-4-5-14-16(6-11)28-10-27-14/h4-8,22H,9-10H2,1-3H3,(H,21,23). The molecule has 0 bridgehead atoms. The second-order valence-electron chi connectivity index (χ2n) is 6.16. The Morgan fingerprint density at radius 3 is 2.57 bits per heavy atom. The Kier molecular flexibility index (Phi) is 4.60. The van der Waals surface area contributed by atoms with Gasteiger partial charge in [-0.1, -0.05) is 6.07 Å². The zero-order valence-corrected chi connectivity index (χ0v) is 15.8. The van der Waals surface area contributed by atoms with E-state index in [2.05, 4.69) is 10.3 Å². The number of amides is 1. The van der Waals surface area contributed by atoms with E-state index >= 15 is 0 Å². The van der Waals surface area contributed by atoms with Crippen LogP contribution in [0.1, 0.15) is 16.1 Å². The van der Waals surface area contributed by atoms with Crippen molar-refractivity contribution in [1.29, 1.82) is 0 Å². The monoisotopic (exact) mass is 384 g/mol. The molecule has 8 nitrogen and oxygen atoms in total. The third kappa shape index (κ3) is 3.02. The number of fused-ring (bicyclic) bond motifs is 2. The number of methoxy groups -OCH3 is 3. The first-order valence-electron chi connectivity index (χ1n) is 8.63. The Hall–Kier alpha value is -3.55. The second-order valence-corrected chi connectivity index (χ2v) is 6.16. The summed E-state index contributed by atoms with van der Waals surface area (Å²) in [5.41, 5.74) is 1.93. The maximum Gasteiger partial charge on any atom is 0.268 e. The normalized spacial score (nSPS) is 12.1. The fraction of sp³-hybridized carbons (Fsp3) is 0.250. The SMILES string of the molecule is COc1cc(OC)c2cc(C(=O)NCc3ccc4c(c3)OCO4)[nH]c2c1OC. The van der Waals surface area contributed by atoms with Crippen LogP contribution in [0.5, 0.6) is 28.7 Å². The quantitative estimate of drug-likeness (QED) is 0.679. The highest BCUT2D eigenvalue weighted by atomic mass is 16.7. The lowest BCUT2D eigenvalue weighted by Crippen LogP contribution is -2.23. The first kappa shape index (κ1) is 17.8. The number of aromatic amines is 1. The topological polar surface area (TPSA) is 91.0 Å². The number of H-pyrrole nitrogens is 1. The van der Waals surface area contributed by atoms with Crippen molar-refractivity contribution in [2.45, 2.75) is 6.54 Å². The lowest BCUT2D eigenvalue weighted by atomic mass is 10.2. The first-order chi connectivity index (χ1) is 13.6. The van der Waals surface area contributed by atoms with E-state index in [4.69, 9.17) is 23.7 Å². The lowest BCUT2D eigenvalue weighted by molar-refractivity contribution is 0.0946. The number of carbonyl (C=O) groups excluding carboxylic acids is 1. The third-order valence-corrected chi connectivity index (χ3v) is 4.57. The number of aromatic nitrogens is 1. The van der Waals surface area contributed by atoms with Crippen LogP contribution in [-0.4, -0.2) is 39.0 Å². The van der Waals surface area contributed by atoms with Gasteiger partial charge in [0.05, 0.1) is 26.8 Å². The molecule has 0 unspecified atom stereocenters. The fourth-order valence-corrected chi connectivity index (χ4v) is 3.19. The summed E-state index contributed by atoms with van der Waals surface area (Å²) in [5, 5.41) is 3.62. The van der Waals surface area contributed by atoms with Crippen LogP contribution in [0, 0.1) is 0 Å². The van der Waals surface area contributed by atoms with Gasteiger partial charge in [0.25, 0.3) is 5.91 Å². The van der Waals surface area contributed by atoms with E-state index in [0.717, 1.165) is 10.9 Å². The number of nitrogens with one attached hydrogen (secondary N) is 2. The molecule has 146 valence electrons. The van der Waals surface area contributed by atoms with Crippen LogP contribution in [0.4, 0.5) is 0 Å². The molecule has 0 atom stereocenters. The van der Waals surface area contributed by atoms with Crippen LogP contribution in [0.25, 0.3) is 10.9 Å². The summed E-state index contributed by atoms with van der Waals surface area (Å²) in [4.78, 5) is 15.8. The highest BCUT2D eigenvalue weighted by Crippen LogP contribution is 2.41. The molecule has 4 rings (SSSR count). The van der Waals surface area contributed by atoms with Crippen molar-refractivity contribution in [2.75, 3.05) is 28.1 Å². The second kappa shape index (κ2) is 7.22. The molecule has 28 heavy (non-hydrogen) atoms. The Bertz CT molecular complexity index is 1040. The van der Waals surface area contributed by atoms with Crippen LogP contribution < -0.4 is 29.0 Å². The Morgan fingerprint density at radius 1 is 1.04 bits per heavy atom. The largest absolute Gasteiger partial charge is 0.496 e. The van der Waals surface area contributed by atoms with E-state index in [-0.39, 0.29) is 12.7 Å². The van der Waals surface area contributed by atoms with Gasteiger partial charge in [-0.15, -0.1) is 0 Å². The number of carbonyl (C=O) groups is 1. The summed E-state index contributed by atoms with van der Waals surface area (Å²) >= 11 is 0. The van der Waals surface area contributed by atoms with Crippen LogP contribution >= 0.6 is 0 Å². The molecular formula is C20H20N2O6. The predicted molar refractivity (Wildman–Crippen MR) is 102 cm³/mol. The molecule has 2 N–H and O–H groups in total. The van der Waals surface area contributed by atoms with Gasteiger partial charge in [0.2, 0.25) is 6.79 Å². The van der Waals surface area contributed by atoms with Gasteiger partial charge in [-0.3, -0.25) is 4.79 Å². The van der Waals surface area contributed by atoms with Gasteiger partial charge in [-0.25, -0.2) is 0 Å². The maximum absolute atomic E-state index is 12.7. The molecule has 0 spiro atoms. The molecule has 1 aromatic heterocycles. The van der Waals surface area contributed by atoms with Gasteiger partial charge in [-0.2, -0.15) is 0 Å². The van der Waals surface area contributed by atoms with Crippen molar-refractivity contribution in [3.05, 3.63) is 41.6 Å². The molecule has 3 aromatic rings. The van der Waals surface area contributed by atoms with E-state index in [0.29, 0.717) is 46.5 Å². The minimum absolute atomic E-state index is 0.216. The van der Waals surface area contributed by atoms with Crippen LogP contribution in [0.3, 0.4) is 0 Å². The van der Waals surface area contributed by atoms with Crippen LogP contribution in [-0.2, 0) is 6.54 Å². The summed E-state index contributed by atoms with van der Waals surface area (Å²) in [5.74, 6) is 2.74. The number of hydrogen-bond acceptors (Lipinski definition) is 6. The van der Waals surface area contributed by atoms with Gasteiger partial charge >= 0.3 is 0 Å². The Morgan fingerprint density at radius 2 is 1.82 bits per heavy atom. The van der Waals surface area contributed by atoms with E-state index in [1.54, 1.807) is 33.5 Å². The highest BCUT2D eigenvalue weighted by Gasteiger charge is 2.20. The molecule has 1 amide bonds. The number of hydrogen-bond donors (Lipinski definition) is 2. The van der Waals surface area contributed by atoms with Crippen LogP contribution in [0.2, 0.25) is 0 Å². The zero-order valence-electron chi connectivity index (χ0n) is 15.8. The smallest absolute Gasteiger partial charge is 0.268 e. The lowest BCUT2D eigenvalue weighted by Gasteiger charge is -2.11. The van der Waals surface area contributed by atoms with Gasteiger partial charge in [0.15, 0.2) is 23.0 Å². The Labute approximate surface area is 161 Å². The van der Waals surface area contributed by atoms with E-state index in [1.807, 2.05) is 18.2 Å². The van der Waals surface area contributed by atoms with Gasteiger partial charge in [0, 0.05) is 18.0 Å². The molecule has 8 heteroatoms. The number of rotatable bonds is 6. The molecule has 1 aliphatic heterocycles. The first-order valence-corrected chi connectivity index (χ1v) is 8.63. The summed E-state index contributed by atoms with van der Waals surface area (Å²) < 4.78 is 26.9. The number of benzene rings is 2. The van der Waals surface area contributed by atoms with E-state index in [1.165, 1.54) is 0 Å². The van der Waals surface area contributed by atoms with Crippen molar-refractivity contribution in [2.24, 2.45) is 0 Å². The summed E-state index contributed by atoms with van der Waals surface area (Å²) in [6.45, 7) is 0.565. The summed E-state index contributed by atoms with van der Waals surface area (Å²) in [6.07, 6.45) is 0. The van der Waals surface area contributed by atoms with Crippen molar-refractivity contribution < 1.29 is 28.5 Å². The van der Waals surface area contributed by atoms with Crippen molar-refractivity contribution in [3.8, 4) is 28.7 Å². The summed E-state index contributed by atoms with van der Waals surface area (Å²) in [6, 6.07) is 9.02. The molecule has 1 aliphatic rings. The predicted octanol–water partition coefficient (Wildman–Crippen LogP) is 2.85. The van der Waals surface area contributed by atoms with Crippen LogP contribution in [0.15, 0.2) is 30.3 Å². The Balaban J connectivity index is 1.59.